The molecule has 678 valence electrons. The summed E-state index contributed by atoms with van der Waals surface area (Å²) in [5.74, 6) is 0. The van der Waals surface area contributed by atoms with Crippen molar-refractivity contribution in [2.75, 3.05) is 0 Å². The van der Waals surface area contributed by atoms with Gasteiger partial charge in [0.25, 0.3) is 0 Å². The number of fused-ring (bicyclic) bond motifs is 33. The van der Waals surface area contributed by atoms with Gasteiger partial charge in [-0.15, -0.1) is 0 Å². The van der Waals surface area contributed by atoms with E-state index in [2.05, 4.69) is 399 Å². The standard InChI is InChI=1S/3C44H25N5/c45-26-28-19-22-38-35(25-28)42-40(48(38)31-14-5-2-6-15-31)24-21-33-32-20-23-39-41(43(32)49(44(33)42)36-17-9-7-11-29(36)27-46)34-16-8-10-18-37(34)47(39)30-12-3-1-4-13-30;45-26-28-18-20-32(21-19-28)48-39-25-23-34-33-22-24-38-40(35-15-7-8-17-37(35)47(38)30-11-3-1-4-12-30)43(33)49(31-13-5-2-6-14-31)44(34)41(39)36-16-9-10-29(27-46)42(36)48;45-26-28-14-18-31(19-15-28)47-37-12-6-4-10-35(37)41-39(47)24-22-33-34-23-25-40-42(44(34)49(43(33)41)30-8-2-1-3-9-30)36-11-5-7-13-38(36)48(40)32-20-16-29(27-46)17-21-32/h3*1-25H. The fraction of sp³-hybridized carbons (Fsp3) is 0. The van der Waals surface area contributed by atoms with Crippen LogP contribution in [0.2, 0.25) is 0 Å². The van der Waals surface area contributed by atoms with Gasteiger partial charge in [0.1, 0.15) is 12.1 Å². The molecule has 0 bridgehead atoms. The van der Waals surface area contributed by atoms with E-state index in [1.807, 2.05) is 133 Å². The van der Waals surface area contributed by atoms with E-state index in [-0.39, 0.29) is 0 Å². The van der Waals surface area contributed by atoms with E-state index in [9.17, 15) is 31.6 Å². The Morgan fingerprint density at radius 3 is 0.687 bits per heavy atom. The number of nitriles is 6. The maximum Gasteiger partial charge on any atom is 0.101 e. The zero-order valence-corrected chi connectivity index (χ0v) is 78.5. The molecule has 0 saturated heterocycles. The number of hydrogen-bond acceptors (Lipinski definition) is 6. The Labute approximate surface area is 839 Å². The molecule has 0 unspecified atom stereocenters. The maximum atomic E-state index is 10.5. The van der Waals surface area contributed by atoms with Crippen LogP contribution in [0.1, 0.15) is 33.4 Å². The Bertz CT molecular complexity index is 10900. The van der Waals surface area contributed by atoms with E-state index in [0.29, 0.717) is 33.4 Å². The highest BCUT2D eigenvalue weighted by Gasteiger charge is 2.32. The van der Waals surface area contributed by atoms with Gasteiger partial charge in [-0.2, -0.15) is 31.6 Å². The van der Waals surface area contributed by atoms with Gasteiger partial charge in [0, 0.05) is 142 Å². The van der Waals surface area contributed by atoms with Crippen LogP contribution in [0.5, 0.6) is 0 Å². The van der Waals surface area contributed by atoms with Crippen molar-refractivity contribution in [2.45, 2.75) is 0 Å². The lowest BCUT2D eigenvalue weighted by Crippen LogP contribution is -1.98. The first kappa shape index (κ1) is 83.9. The van der Waals surface area contributed by atoms with Gasteiger partial charge < -0.3 is 41.1 Å². The Balaban J connectivity index is 0.000000107. The lowest BCUT2D eigenvalue weighted by molar-refractivity contribution is 1.17. The molecular formula is C132H75N15. The van der Waals surface area contributed by atoms with Crippen molar-refractivity contribution >= 4 is 196 Å². The SMILES string of the molecule is N#Cc1ccc(-n2c3ccc4c5ccc6c(c7ccccc7n6-c6ccccc6)c5n(-c5ccccc5)c4c3c3cccc(C#N)c32)cc1.N#Cc1ccc(-n2c3ccccc3c3c2ccc2c4ccc5c(c6ccccc6n5-c5ccc(C#N)cc5)c4n(-c4ccccc4)c23)cc1.N#Cc1ccc2c(c1)c1c(ccc3c4ccc5c(c6ccccc6n5-c5ccccc5)c4n(-c4ccccc4C#N)c31)n2-c1ccccc1. The normalized spacial score (nSPS) is 11.6. The third-order valence-corrected chi connectivity index (χ3v) is 29.6. The smallest absolute Gasteiger partial charge is 0.101 e. The highest BCUT2D eigenvalue weighted by atomic mass is 15.1. The van der Waals surface area contributed by atoms with Gasteiger partial charge in [-0.25, -0.2) is 0 Å². The van der Waals surface area contributed by atoms with Crippen LogP contribution >= 0.6 is 0 Å². The van der Waals surface area contributed by atoms with Crippen molar-refractivity contribution in [2.24, 2.45) is 0 Å². The number of aromatic nitrogens is 9. The second-order valence-corrected chi connectivity index (χ2v) is 37.2. The molecule has 0 amide bonds. The molecule has 0 atom stereocenters. The van der Waals surface area contributed by atoms with Crippen LogP contribution in [-0.2, 0) is 0 Å². The monoisotopic (exact) mass is 1870 g/mol. The van der Waals surface area contributed by atoms with Crippen molar-refractivity contribution in [3.63, 3.8) is 0 Å². The number of hydrogen-bond donors (Lipinski definition) is 0. The molecule has 0 aliphatic carbocycles. The summed E-state index contributed by atoms with van der Waals surface area (Å²) in [6.07, 6.45) is 0. The molecule has 0 aliphatic heterocycles. The molecule has 15 heteroatoms. The fourth-order valence-electron chi connectivity index (χ4n) is 23.7. The summed E-state index contributed by atoms with van der Waals surface area (Å²) in [5, 5.41) is 79.7. The van der Waals surface area contributed by atoms with Crippen molar-refractivity contribution in [1.29, 1.82) is 31.6 Å². The molecular weight excluding hydrogens is 1800 g/mol. The third kappa shape index (κ3) is 12.4. The van der Waals surface area contributed by atoms with Crippen molar-refractivity contribution in [3.8, 4) is 87.6 Å². The van der Waals surface area contributed by atoms with E-state index < -0.39 is 0 Å². The van der Waals surface area contributed by atoms with Crippen LogP contribution in [-0.4, -0.2) is 41.1 Å². The lowest BCUT2D eigenvalue weighted by Gasteiger charge is -2.12. The van der Waals surface area contributed by atoms with E-state index >= 15 is 0 Å². The number of nitrogens with zero attached hydrogens (tertiary/aromatic N) is 15. The molecule has 0 aliphatic rings. The highest BCUT2D eigenvalue weighted by molar-refractivity contribution is 6.36. The Morgan fingerprint density at radius 1 is 0.129 bits per heavy atom. The Hall–Kier alpha value is -21.2. The molecule has 9 aromatic heterocycles. The average Bonchev–Trinajstić information content (AvgIpc) is 1.53. The zero-order chi connectivity index (χ0) is 97.9. The summed E-state index contributed by atoms with van der Waals surface area (Å²) < 4.78 is 21.0. The second-order valence-electron chi connectivity index (χ2n) is 37.2. The minimum absolute atomic E-state index is 0.589. The van der Waals surface area contributed by atoms with Crippen LogP contribution in [0.15, 0.2) is 455 Å². The number of benzene rings is 21. The molecule has 0 saturated carbocycles. The topological polar surface area (TPSA) is 187 Å². The van der Waals surface area contributed by atoms with E-state index in [4.69, 9.17) is 0 Å². The van der Waals surface area contributed by atoms with E-state index in [1.165, 1.54) is 48.5 Å². The Kier molecular flexibility index (Phi) is 19.0. The summed E-state index contributed by atoms with van der Waals surface area (Å²) >= 11 is 0. The molecule has 147 heavy (non-hydrogen) atoms. The van der Waals surface area contributed by atoms with Crippen molar-refractivity contribution in [3.05, 3.63) is 488 Å². The van der Waals surface area contributed by atoms with Gasteiger partial charge >= 0.3 is 0 Å². The van der Waals surface area contributed by atoms with Crippen molar-refractivity contribution in [1.82, 2.24) is 41.1 Å². The first-order valence-corrected chi connectivity index (χ1v) is 48.7. The molecule has 0 N–H and O–H groups in total. The highest BCUT2D eigenvalue weighted by Crippen LogP contribution is 2.53. The summed E-state index contributed by atoms with van der Waals surface area (Å²) in [7, 11) is 0. The molecule has 30 aromatic rings. The van der Waals surface area contributed by atoms with Gasteiger partial charge in [0.2, 0.25) is 0 Å². The molecule has 0 radical (unpaired) electrons. The van der Waals surface area contributed by atoms with Gasteiger partial charge in [0.15, 0.2) is 0 Å². The van der Waals surface area contributed by atoms with Gasteiger partial charge in [-0.1, -0.05) is 224 Å². The number of para-hydroxylation sites is 11. The first-order valence-electron chi connectivity index (χ1n) is 48.7. The molecule has 15 nitrogen and oxygen atoms in total. The maximum absolute atomic E-state index is 10.5. The second kappa shape index (κ2) is 33.2. The van der Waals surface area contributed by atoms with Crippen molar-refractivity contribution < 1.29 is 0 Å². The third-order valence-electron chi connectivity index (χ3n) is 29.6. The van der Waals surface area contributed by atoms with Crippen LogP contribution < -0.4 is 0 Å². The molecule has 30 rings (SSSR count). The Morgan fingerprint density at radius 2 is 0.361 bits per heavy atom. The summed E-state index contributed by atoms with van der Waals surface area (Å²) in [5.41, 5.74) is 32.3. The van der Waals surface area contributed by atoms with Crippen LogP contribution in [0, 0.1) is 68.0 Å². The predicted octanol–water partition coefficient (Wildman–Crippen LogP) is 32.2. The van der Waals surface area contributed by atoms with Crippen LogP contribution in [0.25, 0.3) is 247 Å². The molecule has 9 heterocycles. The van der Waals surface area contributed by atoms with E-state index in [0.717, 1.165) is 199 Å². The van der Waals surface area contributed by atoms with Gasteiger partial charge in [-0.05, 0) is 231 Å². The first-order chi connectivity index (χ1) is 72.8. The molecule has 0 spiro atoms. The fourth-order valence-corrected chi connectivity index (χ4v) is 23.7. The van der Waals surface area contributed by atoms with E-state index in [1.54, 1.807) is 0 Å². The zero-order valence-electron chi connectivity index (χ0n) is 78.5. The van der Waals surface area contributed by atoms with Gasteiger partial charge in [0.05, 0.1) is 163 Å². The summed E-state index contributed by atoms with van der Waals surface area (Å²) in [6, 6.07) is 171. The molecule has 0 fully saturated rings. The summed E-state index contributed by atoms with van der Waals surface area (Å²) in [6.45, 7) is 0. The minimum Gasteiger partial charge on any atom is -0.309 e. The average molecular weight is 1870 g/mol. The predicted molar refractivity (Wildman–Crippen MR) is 597 cm³/mol. The largest absolute Gasteiger partial charge is 0.309 e. The summed E-state index contributed by atoms with van der Waals surface area (Å²) in [4.78, 5) is 0. The lowest BCUT2D eigenvalue weighted by atomic mass is 10.0. The minimum atomic E-state index is 0.589. The van der Waals surface area contributed by atoms with Crippen LogP contribution in [0.4, 0.5) is 0 Å². The van der Waals surface area contributed by atoms with Gasteiger partial charge in [-0.3, -0.25) is 0 Å². The van der Waals surface area contributed by atoms with Crippen LogP contribution in [0.3, 0.4) is 0 Å². The quantitative estimate of drug-likeness (QED) is 0.138. The molecule has 21 aromatic carbocycles. The number of rotatable bonds is 9.